The third kappa shape index (κ3) is 4.77. The summed E-state index contributed by atoms with van der Waals surface area (Å²) >= 11 is 6.19. The molecule has 0 spiro atoms. The maximum absolute atomic E-state index is 13.5. The molecule has 1 aromatic heterocycles. The first-order valence-corrected chi connectivity index (χ1v) is 11.2. The van der Waals surface area contributed by atoms with Crippen molar-refractivity contribution in [1.82, 2.24) is 4.90 Å². The summed E-state index contributed by atoms with van der Waals surface area (Å²) in [6.07, 6.45) is -0.195. The van der Waals surface area contributed by atoms with Gasteiger partial charge in [0.15, 0.2) is 6.10 Å². The molecule has 9 heteroatoms. The fourth-order valence-electron chi connectivity index (χ4n) is 4.26. The van der Waals surface area contributed by atoms with Gasteiger partial charge in [-0.1, -0.05) is 18.5 Å². The summed E-state index contributed by atoms with van der Waals surface area (Å²) in [7, 11) is 0. The third-order valence-electron chi connectivity index (χ3n) is 6.23. The molecule has 1 aliphatic rings. The van der Waals surface area contributed by atoms with Crippen molar-refractivity contribution in [2.75, 3.05) is 13.1 Å². The monoisotopic (exact) mass is 487 g/mol. The number of carbonyl (C=O) groups excluding carboxylic acids is 1. The van der Waals surface area contributed by atoms with Crippen molar-refractivity contribution in [3.63, 3.8) is 0 Å². The Morgan fingerprint density at radius 2 is 1.94 bits per heavy atom. The van der Waals surface area contributed by atoms with Crippen LogP contribution in [0.5, 0.6) is 5.75 Å². The van der Waals surface area contributed by atoms with E-state index in [0.29, 0.717) is 41.8 Å². The fraction of sp³-hybridized carbons (Fsp3) is 0.320. The molecule has 0 bridgehead atoms. The van der Waals surface area contributed by atoms with E-state index in [0.717, 1.165) is 0 Å². The maximum Gasteiger partial charge on any atom is 0.336 e. The van der Waals surface area contributed by atoms with Crippen molar-refractivity contribution in [3.05, 3.63) is 63.7 Å². The van der Waals surface area contributed by atoms with Crippen LogP contribution >= 0.6 is 11.6 Å². The van der Waals surface area contributed by atoms with Crippen LogP contribution < -0.4 is 10.4 Å². The topological polar surface area (TPSA) is 97.0 Å². The van der Waals surface area contributed by atoms with E-state index in [1.165, 1.54) is 30.3 Å². The molecule has 1 unspecified atom stereocenters. The van der Waals surface area contributed by atoms with Crippen LogP contribution in [0.1, 0.15) is 20.3 Å². The van der Waals surface area contributed by atoms with E-state index in [4.69, 9.17) is 20.8 Å². The second-order valence-electron chi connectivity index (χ2n) is 8.48. The van der Waals surface area contributed by atoms with Gasteiger partial charge >= 0.3 is 11.6 Å². The van der Waals surface area contributed by atoms with Gasteiger partial charge < -0.3 is 19.2 Å². The van der Waals surface area contributed by atoms with Crippen molar-refractivity contribution in [2.45, 2.75) is 26.4 Å². The lowest BCUT2D eigenvalue weighted by molar-refractivity contribution is -0.143. The number of aliphatic carboxylic acids is 1. The molecule has 7 nitrogen and oxygen atoms in total. The number of hydrogen-bond donors (Lipinski definition) is 1. The molecule has 0 radical (unpaired) electrons. The first-order chi connectivity index (χ1) is 16.1. The summed E-state index contributed by atoms with van der Waals surface area (Å²) < 4.78 is 24.6. The summed E-state index contributed by atoms with van der Waals surface area (Å²) in [4.78, 5) is 37.9. The quantitative estimate of drug-likeness (QED) is 0.511. The largest absolute Gasteiger partial charge is 0.481 e. The minimum Gasteiger partial charge on any atom is -0.481 e. The zero-order valence-corrected chi connectivity index (χ0v) is 19.3. The van der Waals surface area contributed by atoms with Crippen LogP contribution in [0.25, 0.3) is 22.1 Å². The predicted octanol–water partition coefficient (Wildman–Crippen LogP) is 4.59. The number of fused-ring (bicyclic) bond motifs is 1. The van der Waals surface area contributed by atoms with Crippen molar-refractivity contribution in [3.8, 4) is 16.9 Å². The second-order valence-corrected chi connectivity index (χ2v) is 8.89. The van der Waals surface area contributed by atoms with Gasteiger partial charge in [0.2, 0.25) is 0 Å². The number of ether oxygens (including phenoxy) is 1. The molecule has 34 heavy (non-hydrogen) atoms. The van der Waals surface area contributed by atoms with Crippen LogP contribution in [0.2, 0.25) is 5.02 Å². The molecule has 1 saturated heterocycles. The van der Waals surface area contributed by atoms with E-state index in [-0.39, 0.29) is 22.4 Å². The van der Waals surface area contributed by atoms with E-state index in [2.05, 4.69) is 0 Å². The van der Waals surface area contributed by atoms with Gasteiger partial charge in [-0.05, 0) is 49.6 Å². The van der Waals surface area contributed by atoms with Gasteiger partial charge in [0.1, 0.15) is 17.1 Å². The number of amides is 1. The molecule has 178 valence electrons. The summed E-state index contributed by atoms with van der Waals surface area (Å²) in [5.41, 5.74) is 0.594. The Hall–Kier alpha value is -3.39. The lowest BCUT2D eigenvalue weighted by atomic mass is 9.94. The molecule has 3 atom stereocenters. The molecule has 1 amide bonds. The van der Waals surface area contributed by atoms with Gasteiger partial charge in [-0.2, -0.15) is 0 Å². The molecular formula is C25H23ClFNO6. The SMILES string of the molecule is CC(C(=O)O)[C@@H]1CCN(C(=O)[C@@H](C)Oc2ccc3c(-c4ccc(F)cc4Cl)cc(=O)oc3c2)C1. The minimum absolute atomic E-state index is 0.0969. The third-order valence-corrected chi connectivity index (χ3v) is 6.54. The fourth-order valence-corrected chi connectivity index (χ4v) is 4.52. The molecular weight excluding hydrogens is 465 g/mol. The lowest BCUT2D eigenvalue weighted by Gasteiger charge is -2.22. The Morgan fingerprint density at radius 1 is 1.18 bits per heavy atom. The van der Waals surface area contributed by atoms with Gasteiger partial charge in [0.25, 0.3) is 5.91 Å². The first kappa shape index (κ1) is 23.8. The van der Waals surface area contributed by atoms with E-state index < -0.39 is 29.4 Å². The van der Waals surface area contributed by atoms with Crippen molar-refractivity contribution < 1.29 is 28.2 Å². The van der Waals surface area contributed by atoms with Crippen LogP contribution in [-0.4, -0.2) is 41.1 Å². The number of nitrogens with zero attached hydrogens (tertiary/aromatic N) is 1. The van der Waals surface area contributed by atoms with Crippen LogP contribution in [0, 0.1) is 17.7 Å². The average Bonchev–Trinajstić information content (AvgIpc) is 3.27. The maximum atomic E-state index is 13.5. The Bertz CT molecular complexity index is 1320. The zero-order valence-electron chi connectivity index (χ0n) is 18.6. The normalized spacial score (nSPS) is 17.5. The first-order valence-electron chi connectivity index (χ1n) is 10.9. The van der Waals surface area contributed by atoms with E-state index >= 15 is 0 Å². The Morgan fingerprint density at radius 3 is 2.65 bits per heavy atom. The molecule has 4 rings (SSSR count). The van der Waals surface area contributed by atoms with Crippen molar-refractivity contribution in [1.29, 1.82) is 0 Å². The molecule has 2 aromatic carbocycles. The van der Waals surface area contributed by atoms with E-state index in [1.54, 1.807) is 30.9 Å². The van der Waals surface area contributed by atoms with Crippen molar-refractivity contribution in [2.24, 2.45) is 11.8 Å². The second kappa shape index (κ2) is 9.46. The predicted molar refractivity (Wildman–Crippen MR) is 124 cm³/mol. The highest BCUT2D eigenvalue weighted by molar-refractivity contribution is 6.33. The molecule has 1 aliphatic heterocycles. The number of rotatable bonds is 6. The molecule has 0 saturated carbocycles. The zero-order chi connectivity index (χ0) is 24.6. The van der Waals surface area contributed by atoms with Gasteiger partial charge in [-0.15, -0.1) is 0 Å². The standard InChI is InChI=1S/C25H23ClFNO6/c1-13(25(31)32)15-7-8-28(12-15)24(30)14(2)33-17-4-6-19-20(11-23(29)34-22(19)10-17)18-5-3-16(27)9-21(18)26/h3-6,9-11,13-15H,7-8,12H2,1-2H3,(H,31,32)/t13?,14-,15-/m1/s1. The Labute approximate surface area is 199 Å². The highest BCUT2D eigenvalue weighted by Crippen LogP contribution is 2.34. The van der Waals surface area contributed by atoms with Gasteiger partial charge in [-0.25, -0.2) is 9.18 Å². The summed E-state index contributed by atoms with van der Waals surface area (Å²) in [6, 6.07) is 10.0. The van der Waals surface area contributed by atoms with Crippen LogP contribution in [0.3, 0.4) is 0 Å². The summed E-state index contributed by atoms with van der Waals surface area (Å²) in [6.45, 7) is 4.11. The van der Waals surface area contributed by atoms with Crippen molar-refractivity contribution >= 4 is 34.4 Å². The number of hydrogen-bond acceptors (Lipinski definition) is 5. The van der Waals surface area contributed by atoms with Gasteiger partial charge in [0, 0.05) is 41.7 Å². The summed E-state index contributed by atoms with van der Waals surface area (Å²) in [5.74, 6) is -1.90. The van der Waals surface area contributed by atoms with Gasteiger partial charge in [0.05, 0.1) is 10.9 Å². The number of carboxylic acid groups (broad SMARTS) is 1. The van der Waals surface area contributed by atoms with E-state index in [9.17, 15) is 23.9 Å². The Kier molecular flexibility index (Phi) is 6.61. The number of carbonyl (C=O) groups is 2. The highest BCUT2D eigenvalue weighted by atomic mass is 35.5. The van der Waals surface area contributed by atoms with Crippen LogP contribution in [-0.2, 0) is 9.59 Å². The highest BCUT2D eigenvalue weighted by Gasteiger charge is 2.35. The Balaban J connectivity index is 1.55. The minimum atomic E-state index is -0.873. The molecule has 1 fully saturated rings. The number of benzene rings is 2. The summed E-state index contributed by atoms with van der Waals surface area (Å²) in [5, 5.41) is 9.95. The molecule has 0 aliphatic carbocycles. The molecule has 3 aromatic rings. The smallest absolute Gasteiger partial charge is 0.336 e. The lowest BCUT2D eigenvalue weighted by Crippen LogP contribution is -2.39. The van der Waals surface area contributed by atoms with E-state index in [1.807, 2.05) is 0 Å². The molecule has 1 N–H and O–H groups in total. The van der Waals surface area contributed by atoms with Gasteiger partial charge in [-0.3, -0.25) is 9.59 Å². The number of carboxylic acids is 1. The van der Waals surface area contributed by atoms with Crippen LogP contribution in [0.4, 0.5) is 4.39 Å². The average molecular weight is 488 g/mol. The molecule has 2 heterocycles. The van der Waals surface area contributed by atoms with Crippen LogP contribution in [0.15, 0.2) is 51.7 Å². The number of halogens is 2. The number of likely N-dealkylation sites (tertiary alicyclic amines) is 1.